The van der Waals surface area contributed by atoms with E-state index in [0.29, 0.717) is 11.5 Å². The summed E-state index contributed by atoms with van der Waals surface area (Å²) in [4.78, 5) is 6.25. The number of para-hydroxylation sites is 1. The molecule has 1 aromatic carbocycles. The highest BCUT2D eigenvalue weighted by atomic mass is 32.2. The molecule has 0 unspecified atom stereocenters. The monoisotopic (exact) mass is 333 g/mol. The zero-order valence-corrected chi connectivity index (χ0v) is 12.8. The van der Waals surface area contributed by atoms with Crippen molar-refractivity contribution in [2.45, 2.75) is 12.7 Å². The van der Waals surface area contributed by atoms with Crippen molar-refractivity contribution in [1.82, 2.24) is 4.90 Å². The van der Waals surface area contributed by atoms with Crippen molar-refractivity contribution in [3.8, 4) is 5.75 Å². The molecule has 1 fully saturated rings. The lowest BCUT2D eigenvalue weighted by Crippen LogP contribution is -2.42. The van der Waals surface area contributed by atoms with Gasteiger partial charge in [0.2, 0.25) is 0 Å². The van der Waals surface area contributed by atoms with Gasteiger partial charge in [0, 0.05) is 30.2 Å². The molecule has 1 aliphatic heterocycles. The molecular formula is C14H18F3N3OS. The second-order valence-electron chi connectivity index (χ2n) is 4.79. The van der Waals surface area contributed by atoms with Crippen LogP contribution < -0.4 is 10.5 Å². The first-order chi connectivity index (χ1) is 10.5. The average molecular weight is 333 g/mol. The normalized spacial score (nSPS) is 16.7. The maximum atomic E-state index is 12.2. The Kier molecular flexibility index (Phi) is 5.82. The van der Waals surface area contributed by atoms with Crippen LogP contribution in [0.25, 0.3) is 0 Å². The molecule has 1 aliphatic rings. The van der Waals surface area contributed by atoms with Crippen molar-refractivity contribution < 1.29 is 17.9 Å². The minimum atomic E-state index is -4.36. The average Bonchev–Trinajstić information content (AvgIpc) is 2.51. The van der Waals surface area contributed by atoms with Crippen LogP contribution in [-0.2, 0) is 6.54 Å². The van der Waals surface area contributed by atoms with Gasteiger partial charge in [0.1, 0.15) is 5.75 Å². The zero-order chi connectivity index (χ0) is 16.0. The molecule has 0 atom stereocenters. The van der Waals surface area contributed by atoms with Crippen molar-refractivity contribution >= 4 is 17.7 Å². The van der Waals surface area contributed by atoms with E-state index in [9.17, 15) is 13.2 Å². The Morgan fingerprint density at radius 2 is 1.95 bits per heavy atom. The van der Waals surface area contributed by atoms with Crippen LogP contribution in [0.3, 0.4) is 0 Å². The molecule has 0 saturated carbocycles. The number of guanidine groups is 1. The summed E-state index contributed by atoms with van der Waals surface area (Å²) in [6.45, 7) is 0.564. The van der Waals surface area contributed by atoms with Crippen LogP contribution in [0.15, 0.2) is 29.3 Å². The molecule has 0 aliphatic carbocycles. The Hall–Kier alpha value is -1.57. The lowest BCUT2D eigenvalue weighted by molar-refractivity contribution is -0.153. The van der Waals surface area contributed by atoms with E-state index in [2.05, 4.69) is 4.99 Å². The van der Waals surface area contributed by atoms with Crippen LogP contribution in [0.4, 0.5) is 13.2 Å². The number of ether oxygens (including phenoxy) is 1. The van der Waals surface area contributed by atoms with Crippen molar-refractivity contribution in [3.63, 3.8) is 0 Å². The molecule has 0 spiro atoms. The van der Waals surface area contributed by atoms with Gasteiger partial charge in [0.15, 0.2) is 12.6 Å². The van der Waals surface area contributed by atoms with E-state index >= 15 is 0 Å². The number of nitrogens with two attached hydrogens (primary N) is 1. The number of aliphatic imine (C=N–C) groups is 1. The predicted octanol–water partition coefficient (Wildman–Crippen LogP) is 2.49. The fourth-order valence-electron chi connectivity index (χ4n) is 1.99. The first kappa shape index (κ1) is 16.8. The fraction of sp³-hybridized carbons (Fsp3) is 0.500. The van der Waals surface area contributed by atoms with Gasteiger partial charge in [-0.05, 0) is 6.07 Å². The first-order valence-electron chi connectivity index (χ1n) is 6.86. The third kappa shape index (κ3) is 5.32. The van der Waals surface area contributed by atoms with E-state index in [1.165, 1.54) is 6.07 Å². The van der Waals surface area contributed by atoms with Gasteiger partial charge in [-0.15, -0.1) is 0 Å². The molecule has 1 aromatic rings. The van der Waals surface area contributed by atoms with Crippen LogP contribution in [0.2, 0.25) is 0 Å². The highest BCUT2D eigenvalue weighted by Gasteiger charge is 2.28. The fourth-order valence-corrected chi connectivity index (χ4v) is 2.90. The van der Waals surface area contributed by atoms with Gasteiger partial charge < -0.3 is 15.4 Å². The van der Waals surface area contributed by atoms with E-state index in [4.69, 9.17) is 10.5 Å². The largest absolute Gasteiger partial charge is 0.484 e. The lowest BCUT2D eigenvalue weighted by Gasteiger charge is -2.27. The van der Waals surface area contributed by atoms with Gasteiger partial charge in [-0.3, -0.25) is 0 Å². The quantitative estimate of drug-likeness (QED) is 0.679. The summed E-state index contributed by atoms with van der Waals surface area (Å²) < 4.78 is 41.6. The number of thioether (sulfide) groups is 1. The second kappa shape index (κ2) is 7.62. The molecule has 122 valence electrons. The number of hydrogen-bond donors (Lipinski definition) is 1. The summed E-state index contributed by atoms with van der Waals surface area (Å²) in [5, 5.41) is 0. The third-order valence-electron chi connectivity index (χ3n) is 3.11. The van der Waals surface area contributed by atoms with Crippen LogP contribution in [-0.4, -0.2) is 48.2 Å². The van der Waals surface area contributed by atoms with Gasteiger partial charge in [-0.2, -0.15) is 24.9 Å². The Balaban J connectivity index is 1.99. The van der Waals surface area contributed by atoms with Crippen LogP contribution >= 0.6 is 11.8 Å². The number of alkyl halides is 3. The Morgan fingerprint density at radius 1 is 1.27 bits per heavy atom. The minimum absolute atomic E-state index is 0.186. The van der Waals surface area contributed by atoms with Crippen LogP contribution in [0.5, 0.6) is 5.75 Å². The SMILES string of the molecule is NC(=NCc1ccccc1OCC(F)(F)F)N1CCSCC1. The number of nitrogens with zero attached hydrogens (tertiary/aromatic N) is 2. The Bertz CT molecular complexity index is 516. The molecule has 1 saturated heterocycles. The molecule has 8 heteroatoms. The molecule has 1 heterocycles. The number of rotatable bonds is 4. The van der Waals surface area contributed by atoms with Crippen LogP contribution in [0, 0.1) is 0 Å². The summed E-state index contributed by atoms with van der Waals surface area (Å²) in [5.41, 5.74) is 6.52. The lowest BCUT2D eigenvalue weighted by atomic mass is 10.2. The van der Waals surface area contributed by atoms with Crippen molar-refractivity contribution in [2.75, 3.05) is 31.2 Å². The Morgan fingerprint density at radius 3 is 2.64 bits per heavy atom. The summed E-state index contributed by atoms with van der Waals surface area (Å²) >= 11 is 1.86. The standard InChI is InChI=1S/C14H18F3N3OS/c15-14(16,17)10-21-12-4-2-1-3-11(12)9-19-13(18)20-5-7-22-8-6-20/h1-4H,5-10H2,(H2,18,19). The summed E-state index contributed by atoms with van der Waals surface area (Å²) in [7, 11) is 0. The molecule has 0 radical (unpaired) electrons. The van der Waals surface area contributed by atoms with Gasteiger partial charge in [0.25, 0.3) is 0 Å². The van der Waals surface area contributed by atoms with E-state index in [1.54, 1.807) is 18.2 Å². The van der Waals surface area contributed by atoms with E-state index in [0.717, 1.165) is 24.6 Å². The molecule has 0 amide bonds. The smallest absolute Gasteiger partial charge is 0.422 e. The second-order valence-corrected chi connectivity index (χ2v) is 6.01. The maximum absolute atomic E-state index is 12.2. The highest BCUT2D eigenvalue weighted by molar-refractivity contribution is 7.99. The first-order valence-corrected chi connectivity index (χ1v) is 8.01. The van der Waals surface area contributed by atoms with Crippen molar-refractivity contribution in [2.24, 2.45) is 10.7 Å². The van der Waals surface area contributed by atoms with Crippen molar-refractivity contribution in [1.29, 1.82) is 0 Å². The predicted molar refractivity (Wildman–Crippen MR) is 82.2 cm³/mol. The minimum Gasteiger partial charge on any atom is -0.484 e. The molecule has 22 heavy (non-hydrogen) atoms. The molecule has 2 rings (SSSR count). The zero-order valence-electron chi connectivity index (χ0n) is 12.0. The third-order valence-corrected chi connectivity index (χ3v) is 4.05. The number of hydrogen-bond acceptors (Lipinski definition) is 3. The van der Waals surface area contributed by atoms with Gasteiger partial charge in [-0.25, -0.2) is 4.99 Å². The van der Waals surface area contributed by atoms with Crippen LogP contribution in [0.1, 0.15) is 5.56 Å². The molecule has 4 nitrogen and oxygen atoms in total. The van der Waals surface area contributed by atoms with Crippen molar-refractivity contribution in [3.05, 3.63) is 29.8 Å². The molecule has 0 aromatic heterocycles. The van der Waals surface area contributed by atoms with Gasteiger partial charge >= 0.3 is 6.18 Å². The molecule has 0 bridgehead atoms. The number of benzene rings is 1. The van der Waals surface area contributed by atoms with E-state index in [1.807, 2.05) is 16.7 Å². The summed E-state index contributed by atoms with van der Waals surface area (Å²) in [6, 6.07) is 6.56. The van der Waals surface area contributed by atoms with Gasteiger partial charge in [0.05, 0.1) is 6.54 Å². The summed E-state index contributed by atoms with van der Waals surface area (Å²) in [5.74, 6) is 2.61. The Labute approximate surface area is 131 Å². The number of halogens is 3. The topological polar surface area (TPSA) is 50.9 Å². The summed E-state index contributed by atoms with van der Waals surface area (Å²) in [6.07, 6.45) is -4.36. The van der Waals surface area contributed by atoms with E-state index in [-0.39, 0.29) is 12.3 Å². The van der Waals surface area contributed by atoms with E-state index < -0.39 is 12.8 Å². The highest BCUT2D eigenvalue weighted by Crippen LogP contribution is 2.22. The molecule has 2 N–H and O–H groups in total. The maximum Gasteiger partial charge on any atom is 0.422 e. The van der Waals surface area contributed by atoms with Gasteiger partial charge in [-0.1, -0.05) is 18.2 Å². The molecular weight excluding hydrogens is 315 g/mol.